The summed E-state index contributed by atoms with van der Waals surface area (Å²) in [4.78, 5) is 23.9. The summed E-state index contributed by atoms with van der Waals surface area (Å²) >= 11 is 0. The fraction of sp³-hybridized carbons (Fsp3) is 0.360. The number of aromatic nitrogens is 4. The molecule has 3 aromatic rings. The largest absolute Gasteiger partial charge is 0.497 e. The zero-order valence-electron chi connectivity index (χ0n) is 19.4. The van der Waals surface area contributed by atoms with Gasteiger partial charge >= 0.3 is 0 Å². The fourth-order valence-electron chi connectivity index (χ4n) is 3.87. The van der Waals surface area contributed by atoms with Crippen molar-refractivity contribution in [2.45, 2.75) is 39.7 Å². The number of carbonyl (C=O) groups is 1. The maximum Gasteiger partial charge on any atom is 0.244 e. The van der Waals surface area contributed by atoms with Crippen molar-refractivity contribution in [3.8, 4) is 17.1 Å². The van der Waals surface area contributed by atoms with Gasteiger partial charge in [-0.25, -0.2) is 14.1 Å². The number of benzene rings is 1. The fourth-order valence-corrected chi connectivity index (χ4v) is 3.87. The molecule has 0 unspecified atom stereocenters. The van der Waals surface area contributed by atoms with Gasteiger partial charge in [0, 0.05) is 36.8 Å². The lowest BCUT2D eigenvalue weighted by Gasteiger charge is -2.26. The van der Waals surface area contributed by atoms with Crippen LogP contribution in [-0.4, -0.2) is 50.8 Å². The van der Waals surface area contributed by atoms with Crippen molar-refractivity contribution < 1.29 is 13.9 Å². The molecule has 1 aromatic carbocycles. The van der Waals surface area contributed by atoms with E-state index >= 15 is 0 Å². The van der Waals surface area contributed by atoms with Crippen LogP contribution < -0.4 is 4.74 Å². The Balaban J connectivity index is 1.49. The van der Waals surface area contributed by atoms with Gasteiger partial charge in [-0.05, 0) is 48.7 Å². The van der Waals surface area contributed by atoms with E-state index in [2.05, 4.69) is 15.1 Å². The van der Waals surface area contributed by atoms with E-state index in [1.165, 1.54) is 6.07 Å². The third-order valence-electron chi connectivity index (χ3n) is 5.78. The molecule has 0 spiro atoms. The molecular formula is C25H28FN5O2. The molecule has 8 heteroatoms. The highest BCUT2D eigenvalue weighted by atomic mass is 19.1. The average molecular weight is 450 g/mol. The molecule has 4 rings (SSSR count). The number of nitrogens with zero attached hydrogens (tertiary/aromatic N) is 5. The summed E-state index contributed by atoms with van der Waals surface area (Å²) in [5.74, 6) is 1.80. The van der Waals surface area contributed by atoms with Gasteiger partial charge in [-0.2, -0.15) is 5.10 Å². The van der Waals surface area contributed by atoms with Gasteiger partial charge in [-0.15, -0.1) is 0 Å². The Morgan fingerprint density at radius 1 is 1.24 bits per heavy atom. The molecule has 0 radical (unpaired) electrons. The van der Waals surface area contributed by atoms with E-state index in [-0.39, 0.29) is 24.2 Å². The first-order valence-corrected chi connectivity index (χ1v) is 11.0. The standard InChI is InChI=1S/C25H28FN5O2/c1-16(2)25-28-24(19-5-6-21(26)17(3)13-19)29-31(25)15-23(32)30-11-8-18(9-12-30)22-14-20(33-4)7-10-27-22/h5-8,10,13-14,16H,9,11-12,15H2,1-4H3. The lowest BCUT2D eigenvalue weighted by Crippen LogP contribution is -2.37. The number of hydrogen-bond acceptors (Lipinski definition) is 5. The van der Waals surface area contributed by atoms with E-state index in [1.807, 2.05) is 37.0 Å². The summed E-state index contributed by atoms with van der Waals surface area (Å²) < 4.78 is 20.6. The number of methoxy groups -OCH3 is 1. The maximum absolute atomic E-state index is 13.7. The van der Waals surface area contributed by atoms with Crippen LogP contribution in [0.2, 0.25) is 0 Å². The van der Waals surface area contributed by atoms with Gasteiger partial charge in [0.2, 0.25) is 5.91 Å². The number of amides is 1. The molecule has 0 saturated carbocycles. The topological polar surface area (TPSA) is 73.1 Å². The SMILES string of the molecule is COc1ccnc(C2=CCN(C(=O)Cn3nc(-c4ccc(F)c(C)c4)nc3C(C)C)CC2)c1. The molecule has 0 bridgehead atoms. The summed E-state index contributed by atoms with van der Waals surface area (Å²) in [6, 6.07) is 8.53. The van der Waals surface area contributed by atoms with Crippen LogP contribution >= 0.6 is 0 Å². The molecule has 3 heterocycles. The minimum absolute atomic E-state index is 0.0162. The number of halogens is 1. The van der Waals surface area contributed by atoms with Crippen molar-refractivity contribution in [3.63, 3.8) is 0 Å². The Morgan fingerprint density at radius 2 is 2.06 bits per heavy atom. The molecule has 0 atom stereocenters. The summed E-state index contributed by atoms with van der Waals surface area (Å²) in [6.07, 6.45) is 4.49. The third kappa shape index (κ3) is 4.94. The molecule has 2 aromatic heterocycles. The van der Waals surface area contributed by atoms with Gasteiger partial charge in [0.1, 0.15) is 23.9 Å². The number of ether oxygens (including phenoxy) is 1. The first-order chi connectivity index (χ1) is 15.9. The van der Waals surface area contributed by atoms with E-state index in [0.29, 0.717) is 24.5 Å². The number of rotatable bonds is 6. The molecule has 1 aliphatic rings. The van der Waals surface area contributed by atoms with Crippen LogP contribution in [0.1, 0.15) is 43.3 Å². The molecule has 7 nitrogen and oxygen atoms in total. The van der Waals surface area contributed by atoms with Gasteiger partial charge in [-0.1, -0.05) is 19.9 Å². The molecule has 172 valence electrons. The van der Waals surface area contributed by atoms with E-state index in [1.54, 1.807) is 37.0 Å². The van der Waals surface area contributed by atoms with E-state index in [4.69, 9.17) is 4.74 Å². The van der Waals surface area contributed by atoms with Crippen molar-refractivity contribution >= 4 is 11.5 Å². The van der Waals surface area contributed by atoms with Crippen LogP contribution in [0, 0.1) is 12.7 Å². The normalized spacial score (nSPS) is 13.9. The minimum Gasteiger partial charge on any atom is -0.497 e. The highest BCUT2D eigenvalue weighted by molar-refractivity contribution is 5.78. The predicted molar refractivity (Wildman–Crippen MR) is 124 cm³/mol. The number of hydrogen-bond donors (Lipinski definition) is 0. The maximum atomic E-state index is 13.7. The van der Waals surface area contributed by atoms with Crippen LogP contribution in [-0.2, 0) is 11.3 Å². The lowest BCUT2D eigenvalue weighted by atomic mass is 10.0. The second-order valence-corrected chi connectivity index (χ2v) is 8.47. The Morgan fingerprint density at radius 3 is 2.73 bits per heavy atom. The van der Waals surface area contributed by atoms with Gasteiger partial charge < -0.3 is 9.64 Å². The Labute approximate surface area is 192 Å². The minimum atomic E-state index is -0.265. The number of pyridine rings is 1. The molecule has 33 heavy (non-hydrogen) atoms. The Kier molecular flexibility index (Phi) is 6.53. The van der Waals surface area contributed by atoms with E-state index in [9.17, 15) is 9.18 Å². The van der Waals surface area contributed by atoms with Gasteiger partial charge in [0.05, 0.1) is 12.8 Å². The lowest BCUT2D eigenvalue weighted by molar-refractivity contribution is -0.131. The molecule has 1 amide bonds. The van der Waals surface area contributed by atoms with E-state index in [0.717, 1.165) is 34.8 Å². The highest BCUT2D eigenvalue weighted by Gasteiger charge is 2.22. The smallest absolute Gasteiger partial charge is 0.244 e. The van der Waals surface area contributed by atoms with E-state index < -0.39 is 0 Å². The zero-order chi connectivity index (χ0) is 23.5. The van der Waals surface area contributed by atoms with Crippen LogP contribution in [0.4, 0.5) is 4.39 Å². The van der Waals surface area contributed by atoms with Crippen molar-refractivity contribution in [2.75, 3.05) is 20.2 Å². The Bertz CT molecular complexity index is 1200. The average Bonchev–Trinajstić information content (AvgIpc) is 3.25. The summed E-state index contributed by atoms with van der Waals surface area (Å²) in [7, 11) is 1.63. The second kappa shape index (κ2) is 9.52. The molecular weight excluding hydrogens is 421 g/mol. The molecule has 1 aliphatic heterocycles. The predicted octanol–water partition coefficient (Wildman–Crippen LogP) is 4.24. The molecule has 0 N–H and O–H groups in total. The first-order valence-electron chi connectivity index (χ1n) is 11.0. The summed E-state index contributed by atoms with van der Waals surface area (Å²) in [5.41, 5.74) is 3.25. The quantitative estimate of drug-likeness (QED) is 0.563. The monoisotopic (exact) mass is 449 g/mol. The first kappa shape index (κ1) is 22.6. The molecule has 0 aliphatic carbocycles. The second-order valence-electron chi connectivity index (χ2n) is 8.47. The van der Waals surface area contributed by atoms with Crippen molar-refractivity contribution in [1.82, 2.24) is 24.6 Å². The van der Waals surface area contributed by atoms with Crippen molar-refractivity contribution in [3.05, 3.63) is 65.5 Å². The number of aryl methyl sites for hydroxylation is 1. The highest BCUT2D eigenvalue weighted by Crippen LogP contribution is 2.25. The summed E-state index contributed by atoms with van der Waals surface area (Å²) in [5, 5.41) is 4.59. The van der Waals surface area contributed by atoms with Crippen LogP contribution in [0.25, 0.3) is 17.0 Å². The van der Waals surface area contributed by atoms with Crippen LogP contribution in [0.15, 0.2) is 42.6 Å². The van der Waals surface area contributed by atoms with Gasteiger partial charge in [-0.3, -0.25) is 9.78 Å². The molecule has 0 saturated heterocycles. The van der Waals surface area contributed by atoms with Crippen LogP contribution in [0.3, 0.4) is 0 Å². The van der Waals surface area contributed by atoms with Crippen LogP contribution in [0.5, 0.6) is 5.75 Å². The Hall–Kier alpha value is -3.55. The molecule has 0 fully saturated rings. The number of carbonyl (C=O) groups excluding carboxylic acids is 1. The van der Waals surface area contributed by atoms with Crippen molar-refractivity contribution in [1.29, 1.82) is 0 Å². The third-order valence-corrected chi connectivity index (χ3v) is 5.78. The van der Waals surface area contributed by atoms with Gasteiger partial charge in [0.15, 0.2) is 5.82 Å². The zero-order valence-corrected chi connectivity index (χ0v) is 19.4. The van der Waals surface area contributed by atoms with Crippen molar-refractivity contribution in [2.24, 2.45) is 0 Å². The van der Waals surface area contributed by atoms with Gasteiger partial charge in [0.25, 0.3) is 0 Å². The summed E-state index contributed by atoms with van der Waals surface area (Å²) in [6.45, 7) is 6.98.